The second-order valence-electron chi connectivity index (χ2n) is 6.56. The van der Waals surface area contributed by atoms with Crippen LogP contribution in [-0.4, -0.2) is 29.8 Å². The lowest BCUT2D eigenvalue weighted by Crippen LogP contribution is -2.27. The monoisotopic (exact) mass is 376 g/mol. The fourth-order valence-corrected chi connectivity index (χ4v) is 4.13. The van der Waals surface area contributed by atoms with E-state index in [2.05, 4.69) is 5.32 Å². The molecule has 1 aliphatic rings. The number of nitrogens with zero attached hydrogens (tertiary/aromatic N) is 1. The Morgan fingerprint density at radius 1 is 0.889 bits per heavy atom. The van der Waals surface area contributed by atoms with Crippen LogP contribution in [0.2, 0.25) is 0 Å². The largest absolute Gasteiger partial charge is 0.339 e. The standard InChI is InChI=1S/C22H20N2O2S/c25-21(20-19(12-15-27-20)16-6-2-1-3-7-16)23-18-10-8-17(9-11-18)22(26)24-13-4-5-14-24/h1-3,6-12,15H,4-5,13-14H2,(H,23,25). The Hall–Kier alpha value is -2.92. The number of nitrogens with one attached hydrogen (secondary N) is 1. The molecule has 4 nitrogen and oxygen atoms in total. The van der Waals surface area contributed by atoms with Gasteiger partial charge in [0.2, 0.25) is 0 Å². The van der Waals surface area contributed by atoms with E-state index in [9.17, 15) is 9.59 Å². The van der Waals surface area contributed by atoms with Crippen LogP contribution in [0, 0.1) is 0 Å². The molecule has 0 bridgehead atoms. The maximum Gasteiger partial charge on any atom is 0.266 e. The van der Waals surface area contributed by atoms with Crippen molar-refractivity contribution in [2.24, 2.45) is 0 Å². The molecular weight excluding hydrogens is 356 g/mol. The first-order valence-corrected chi connectivity index (χ1v) is 9.94. The number of rotatable bonds is 4. The number of hydrogen-bond donors (Lipinski definition) is 1. The highest BCUT2D eigenvalue weighted by atomic mass is 32.1. The van der Waals surface area contributed by atoms with Gasteiger partial charge in [0.15, 0.2) is 0 Å². The van der Waals surface area contributed by atoms with Gasteiger partial charge >= 0.3 is 0 Å². The van der Waals surface area contributed by atoms with Gasteiger partial charge in [-0.15, -0.1) is 11.3 Å². The fraction of sp³-hybridized carbons (Fsp3) is 0.182. The molecule has 4 rings (SSSR count). The summed E-state index contributed by atoms with van der Waals surface area (Å²) < 4.78 is 0. The molecule has 0 atom stereocenters. The van der Waals surface area contributed by atoms with Gasteiger partial charge in [-0.1, -0.05) is 30.3 Å². The number of likely N-dealkylation sites (tertiary alicyclic amines) is 1. The third kappa shape index (κ3) is 3.78. The van der Waals surface area contributed by atoms with E-state index in [0.717, 1.165) is 37.1 Å². The van der Waals surface area contributed by atoms with Crippen molar-refractivity contribution in [1.29, 1.82) is 0 Å². The maximum atomic E-state index is 12.7. The number of thiophene rings is 1. The minimum Gasteiger partial charge on any atom is -0.339 e. The van der Waals surface area contributed by atoms with Gasteiger partial charge in [0.25, 0.3) is 11.8 Å². The van der Waals surface area contributed by atoms with E-state index < -0.39 is 0 Å². The molecule has 2 aromatic carbocycles. The molecule has 1 aliphatic heterocycles. The SMILES string of the molecule is O=C(Nc1ccc(C(=O)N2CCCC2)cc1)c1sccc1-c1ccccc1. The molecule has 1 fully saturated rings. The summed E-state index contributed by atoms with van der Waals surface area (Å²) in [6.45, 7) is 1.66. The van der Waals surface area contributed by atoms with Crippen LogP contribution in [0.4, 0.5) is 5.69 Å². The number of carbonyl (C=O) groups excluding carboxylic acids is 2. The average Bonchev–Trinajstić information content (AvgIpc) is 3.41. The summed E-state index contributed by atoms with van der Waals surface area (Å²) in [7, 11) is 0. The smallest absolute Gasteiger partial charge is 0.266 e. The third-order valence-electron chi connectivity index (χ3n) is 4.74. The molecule has 27 heavy (non-hydrogen) atoms. The molecule has 0 spiro atoms. The molecule has 1 N–H and O–H groups in total. The summed E-state index contributed by atoms with van der Waals surface area (Å²) in [5.74, 6) is -0.0718. The molecule has 0 radical (unpaired) electrons. The van der Waals surface area contributed by atoms with Crippen LogP contribution in [-0.2, 0) is 0 Å². The fourth-order valence-electron chi connectivity index (χ4n) is 3.32. The lowest BCUT2D eigenvalue weighted by molar-refractivity contribution is 0.0792. The third-order valence-corrected chi connectivity index (χ3v) is 5.65. The van der Waals surface area contributed by atoms with Crippen LogP contribution in [0.15, 0.2) is 66.0 Å². The van der Waals surface area contributed by atoms with Crippen molar-refractivity contribution in [3.05, 3.63) is 76.5 Å². The number of anilines is 1. The number of amides is 2. The van der Waals surface area contributed by atoms with Crippen LogP contribution in [0.3, 0.4) is 0 Å². The van der Waals surface area contributed by atoms with Crippen LogP contribution in [0.25, 0.3) is 11.1 Å². The lowest BCUT2D eigenvalue weighted by Gasteiger charge is -2.15. The molecule has 136 valence electrons. The molecule has 2 heterocycles. The van der Waals surface area contributed by atoms with Gasteiger partial charge in [0.05, 0.1) is 4.88 Å². The molecule has 3 aromatic rings. The lowest BCUT2D eigenvalue weighted by atomic mass is 10.1. The zero-order valence-corrected chi connectivity index (χ0v) is 15.7. The van der Waals surface area contributed by atoms with Gasteiger partial charge in [0.1, 0.15) is 0 Å². The van der Waals surface area contributed by atoms with Crippen molar-refractivity contribution in [2.45, 2.75) is 12.8 Å². The summed E-state index contributed by atoms with van der Waals surface area (Å²) in [5, 5.41) is 4.86. The van der Waals surface area contributed by atoms with E-state index in [0.29, 0.717) is 16.1 Å². The topological polar surface area (TPSA) is 49.4 Å². The second kappa shape index (κ2) is 7.76. The van der Waals surface area contributed by atoms with Crippen molar-refractivity contribution in [3.63, 3.8) is 0 Å². The van der Waals surface area contributed by atoms with Crippen LogP contribution in [0.5, 0.6) is 0 Å². The van der Waals surface area contributed by atoms with Gasteiger partial charge in [-0.05, 0) is 54.1 Å². The first-order valence-electron chi connectivity index (χ1n) is 9.06. The minimum absolute atomic E-state index is 0.0648. The zero-order valence-electron chi connectivity index (χ0n) is 14.9. The highest BCUT2D eigenvalue weighted by Gasteiger charge is 2.19. The summed E-state index contributed by atoms with van der Waals surface area (Å²) in [6.07, 6.45) is 2.15. The summed E-state index contributed by atoms with van der Waals surface area (Å²) >= 11 is 1.42. The number of benzene rings is 2. The normalized spacial score (nSPS) is 13.6. The Morgan fingerprint density at radius 2 is 1.59 bits per heavy atom. The van der Waals surface area contributed by atoms with Crippen molar-refractivity contribution in [2.75, 3.05) is 18.4 Å². The Balaban J connectivity index is 1.48. The van der Waals surface area contributed by atoms with Gasteiger partial charge in [0, 0.05) is 29.9 Å². The molecule has 0 aliphatic carbocycles. The molecule has 1 aromatic heterocycles. The van der Waals surface area contributed by atoms with Crippen molar-refractivity contribution >= 4 is 28.8 Å². The maximum absolute atomic E-state index is 12.7. The predicted molar refractivity (Wildman–Crippen MR) is 109 cm³/mol. The molecule has 1 saturated heterocycles. The predicted octanol–water partition coefficient (Wildman–Crippen LogP) is 4.90. The summed E-state index contributed by atoms with van der Waals surface area (Å²) in [6, 6.07) is 19.0. The van der Waals surface area contributed by atoms with Crippen LogP contribution >= 0.6 is 11.3 Å². The Morgan fingerprint density at radius 3 is 2.30 bits per heavy atom. The highest BCUT2D eigenvalue weighted by molar-refractivity contribution is 7.12. The molecular formula is C22H20N2O2S. The van der Waals surface area contributed by atoms with E-state index in [4.69, 9.17) is 0 Å². The van der Waals surface area contributed by atoms with Crippen molar-refractivity contribution in [3.8, 4) is 11.1 Å². The number of hydrogen-bond acceptors (Lipinski definition) is 3. The number of carbonyl (C=O) groups is 2. The molecule has 5 heteroatoms. The summed E-state index contributed by atoms with van der Waals surface area (Å²) in [5.41, 5.74) is 3.30. The van der Waals surface area contributed by atoms with E-state index in [1.165, 1.54) is 11.3 Å². The van der Waals surface area contributed by atoms with Crippen molar-refractivity contribution in [1.82, 2.24) is 4.90 Å². The molecule has 0 saturated carbocycles. The second-order valence-corrected chi connectivity index (χ2v) is 7.48. The minimum atomic E-state index is -0.137. The Labute approximate surface area is 162 Å². The van der Waals surface area contributed by atoms with Crippen LogP contribution in [0.1, 0.15) is 32.9 Å². The first kappa shape index (κ1) is 17.5. The van der Waals surface area contributed by atoms with Crippen LogP contribution < -0.4 is 5.32 Å². The van der Waals surface area contributed by atoms with E-state index >= 15 is 0 Å². The quantitative estimate of drug-likeness (QED) is 0.704. The Bertz CT molecular complexity index is 942. The van der Waals surface area contributed by atoms with E-state index in [-0.39, 0.29) is 11.8 Å². The van der Waals surface area contributed by atoms with Gasteiger partial charge in [-0.25, -0.2) is 0 Å². The van der Waals surface area contributed by atoms with Crippen molar-refractivity contribution < 1.29 is 9.59 Å². The molecule has 0 unspecified atom stereocenters. The van der Waals surface area contributed by atoms with Gasteiger partial charge in [-0.2, -0.15) is 0 Å². The highest BCUT2D eigenvalue weighted by Crippen LogP contribution is 2.29. The van der Waals surface area contributed by atoms with E-state index in [1.807, 2.05) is 46.7 Å². The van der Waals surface area contributed by atoms with Gasteiger partial charge in [-0.3, -0.25) is 9.59 Å². The Kier molecular flexibility index (Phi) is 5.03. The zero-order chi connectivity index (χ0) is 18.6. The van der Waals surface area contributed by atoms with Gasteiger partial charge < -0.3 is 10.2 Å². The average molecular weight is 376 g/mol. The first-order chi connectivity index (χ1) is 13.2. The molecule has 2 amide bonds. The summed E-state index contributed by atoms with van der Waals surface area (Å²) in [4.78, 5) is 27.7. The van der Waals surface area contributed by atoms with E-state index in [1.54, 1.807) is 24.3 Å².